The third kappa shape index (κ3) is 1.84. The second kappa shape index (κ2) is 4.38. The highest BCUT2D eigenvalue weighted by Crippen LogP contribution is 2.26. The Kier molecular flexibility index (Phi) is 2.71. The maximum Gasteiger partial charge on any atom is 0.234 e. The third-order valence-corrected chi connectivity index (χ3v) is 3.51. The zero-order chi connectivity index (χ0) is 12.5. The van der Waals surface area contributed by atoms with Crippen LogP contribution in [0.4, 0.5) is 0 Å². The van der Waals surface area contributed by atoms with Crippen LogP contribution in [0.2, 0.25) is 0 Å². The van der Waals surface area contributed by atoms with E-state index in [2.05, 4.69) is 15.3 Å². The first kappa shape index (κ1) is 11.2. The summed E-state index contributed by atoms with van der Waals surface area (Å²) in [6.07, 6.45) is 0. The van der Waals surface area contributed by atoms with Crippen molar-refractivity contribution in [2.45, 2.75) is 13.8 Å². The van der Waals surface area contributed by atoms with Crippen molar-refractivity contribution in [1.29, 1.82) is 0 Å². The average Bonchev–Trinajstić information content (AvgIpc) is 2.94. The monoisotopic (exact) mass is 260 g/mol. The summed E-state index contributed by atoms with van der Waals surface area (Å²) in [7, 11) is 0. The van der Waals surface area contributed by atoms with E-state index in [0.717, 1.165) is 27.1 Å². The Morgan fingerprint density at radius 3 is 2.67 bits per heavy atom. The molecule has 92 valence electrons. The number of fused-ring (bicyclic) bond motifs is 1. The molecule has 0 aliphatic carbocycles. The first-order chi connectivity index (χ1) is 8.78. The van der Waals surface area contributed by atoms with Crippen LogP contribution in [0.1, 0.15) is 12.7 Å². The van der Waals surface area contributed by atoms with E-state index in [9.17, 15) is 0 Å². The molecule has 2 aromatic heterocycles. The summed E-state index contributed by atoms with van der Waals surface area (Å²) in [6.45, 7) is 4.54. The second-order valence-electron chi connectivity index (χ2n) is 3.81. The van der Waals surface area contributed by atoms with Crippen molar-refractivity contribution >= 4 is 16.3 Å². The van der Waals surface area contributed by atoms with Gasteiger partial charge in [0.2, 0.25) is 4.96 Å². The van der Waals surface area contributed by atoms with Gasteiger partial charge in [0.25, 0.3) is 0 Å². The Morgan fingerprint density at radius 2 is 2.00 bits per heavy atom. The number of hydrogen-bond acceptors (Lipinski definition) is 5. The lowest BCUT2D eigenvalue weighted by Gasteiger charge is -2.02. The highest BCUT2D eigenvalue weighted by molar-refractivity contribution is 7.19. The van der Waals surface area contributed by atoms with Crippen molar-refractivity contribution in [2.24, 2.45) is 0 Å². The van der Waals surface area contributed by atoms with Crippen molar-refractivity contribution in [3.05, 3.63) is 30.1 Å². The quantitative estimate of drug-likeness (QED) is 0.726. The third-order valence-electron chi connectivity index (χ3n) is 2.56. The maximum atomic E-state index is 5.42. The van der Waals surface area contributed by atoms with Crippen LogP contribution in [-0.2, 0) is 0 Å². The zero-order valence-corrected chi connectivity index (χ0v) is 10.9. The number of nitrogens with zero attached hydrogens (tertiary/aromatic N) is 4. The molecule has 6 heteroatoms. The molecule has 0 saturated heterocycles. The molecule has 0 aliphatic rings. The van der Waals surface area contributed by atoms with Crippen LogP contribution in [-0.4, -0.2) is 26.4 Å². The summed E-state index contributed by atoms with van der Waals surface area (Å²) < 4.78 is 7.18. The summed E-state index contributed by atoms with van der Waals surface area (Å²) in [5, 5.41) is 13.4. The Hall–Kier alpha value is -1.95. The van der Waals surface area contributed by atoms with Crippen molar-refractivity contribution < 1.29 is 4.74 Å². The molecule has 0 radical (unpaired) electrons. The molecule has 0 fully saturated rings. The van der Waals surface area contributed by atoms with Gasteiger partial charge in [-0.2, -0.15) is 9.61 Å². The summed E-state index contributed by atoms with van der Waals surface area (Å²) >= 11 is 1.53. The van der Waals surface area contributed by atoms with Crippen LogP contribution in [0.15, 0.2) is 24.3 Å². The molecule has 0 amide bonds. The summed E-state index contributed by atoms with van der Waals surface area (Å²) in [6, 6.07) is 7.92. The Balaban J connectivity index is 1.97. The summed E-state index contributed by atoms with van der Waals surface area (Å²) in [4.78, 5) is 0.816. The van der Waals surface area contributed by atoms with Gasteiger partial charge in [0, 0.05) is 5.56 Å². The van der Waals surface area contributed by atoms with Crippen molar-refractivity contribution in [2.75, 3.05) is 6.61 Å². The fraction of sp³-hybridized carbons (Fsp3) is 0.250. The van der Waals surface area contributed by atoms with Crippen LogP contribution in [0, 0.1) is 6.92 Å². The predicted octanol–water partition coefficient (Wildman–Crippen LogP) is 2.56. The van der Waals surface area contributed by atoms with Gasteiger partial charge in [0.05, 0.1) is 6.61 Å². The molecule has 3 rings (SSSR count). The molecule has 2 heterocycles. The van der Waals surface area contributed by atoms with E-state index in [0.29, 0.717) is 6.61 Å². The molecular weight excluding hydrogens is 248 g/mol. The normalized spacial score (nSPS) is 11.0. The van der Waals surface area contributed by atoms with Gasteiger partial charge in [-0.3, -0.25) is 0 Å². The van der Waals surface area contributed by atoms with E-state index < -0.39 is 0 Å². The number of hydrogen-bond donors (Lipinski definition) is 0. The molecule has 0 saturated carbocycles. The van der Waals surface area contributed by atoms with Gasteiger partial charge in [-0.05, 0) is 38.1 Å². The zero-order valence-electron chi connectivity index (χ0n) is 10.1. The Morgan fingerprint density at radius 1 is 1.22 bits per heavy atom. The first-order valence-electron chi connectivity index (χ1n) is 5.70. The van der Waals surface area contributed by atoms with Crippen molar-refractivity contribution in [1.82, 2.24) is 19.8 Å². The van der Waals surface area contributed by atoms with E-state index >= 15 is 0 Å². The highest BCUT2D eigenvalue weighted by Gasteiger charge is 2.10. The van der Waals surface area contributed by atoms with Crippen molar-refractivity contribution in [3.8, 4) is 16.3 Å². The molecule has 3 aromatic rings. The fourth-order valence-electron chi connectivity index (χ4n) is 1.69. The van der Waals surface area contributed by atoms with E-state index in [4.69, 9.17) is 4.74 Å². The smallest absolute Gasteiger partial charge is 0.234 e. The lowest BCUT2D eigenvalue weighted by atomic mass is 10.2. The average molecular weight is 260 g/mol. The Labute approximate surface area is 108 Å². The molecular formula is C12H12N4OS. The molecule has 0 bridgehead atoms. The van der Waals surface area contributed by atoms with Crippen molar-refractivity contribution in [3.63, 3.8) is 0 Å². The van der Waals surface area contributed by atoms with Gasteiger partial charge in [-0.15, -0.1) is 10.2 Å². The minimum Gasteiger partial charge on any atom is -0.494 e. The SMILES string of the molecule is CCOc1ccc(-c2nn3c(C)nnc3s2)cc1. The topological polar surface area (TPSA) is 52.3 Å². The number of benzene rings is 1. The van der Waals surface area contributed by atoms with Gasteiger partial charge in [-0.1, -0.05) is 11.3 Å². The van der Waals surface area contributed by atoms with E-state index in [1.807, 2.05) is 38.1 Å². The van der Waals surface area contributed by atoms with Crippen LogP contribution in [0.5, 0.6) is 5.75 Å². The number of aromatic nitrogens is 4. The number of aryl methyl sites for hydroxylation is 1. The number of ether oxygens (including phenoxy) is 1. The van der Waals surface area contributed by atoms with Crippen LogP contribution in [0.3, 0.4) is 0 Å². The van der Waals surface area contributed by atoms with E-state index in [-0.39, 0.29) is 0 Å². The molecule has 0 atom stereocenters. The summed E-state index contributed by atoms with van der Waals surface area (Å²) in [5.74, 6) is 1.68. The molecule has 18 heavy (non-hydrogen) atoms. The fourth-order valence-corrected chi connectivity index (χ4v) is 2.58. The highest BCUT2D eigenvalue weighted by atomic mass is 32.1. The Bertz CT molecular complexity index is 671. The largest absolute Gasteiger partial charge is 0.494 e. The minimum absolute atomic E-state index is 0.676. The van der Waals surface area contributed by atoms with Gasteiger partial charge in [0.1, 0.15) is 10.8 Å². The number of rotatable bonds is 3. The lowest BCUT2D eigenvalue weighted by Crippen LogP contribution is -1.91. The van der Waals surface area contributed by atoms with Gasteiger partial charge >= 0.3 is 0 Å². The van der Waals surface area contributed by atoms with Gasteiger partial charge in [0.15, 0.2) is 5.82 Å². The first-order valence-corrected chi connectivity index (χ1v) is 6.51. The second-order valence-corrected chi connectivity index (χ2v) is 4.76. The molecule has 1 aromatic carbocycles. The van der Waals surface area contributed by atoms with Gasteiger partial charge in [-0.25, -0.2) is 0 Å². The minimum atomic E-state index is 0.676. The molecule has 0 N–H and O–H groups in total. The predicted molar refractivity (Wildman–Crippen MR) is 70.0 cm³/mol. The standard InChI is InChI=1S/C12H12N4OS/c1-3-17-10-6-4-9(5-7-10)11-15-16-8(2)13-14-12(16)18-11/h4-7H,3H2,1-2H3. The molecule has 0 spiro atoms. The molecule has 0 aliphatic heterocycles. The van der Waals surface area contributed by atoms with Crippen LogP contribution >= 0.6 is 11.3 Å². The molecule has 0 unspecified atom stereocenters. The molecule has 5 nitrogen and oxygen atoms in total. The van der Waals surface area contributed by atoms with E-state index in [1.54, 1.807) is 4.52 Å². The van der Waals surface area contributed by atoms with Gasteiger partial charge < -0.3 is 4.74 Å². The maximum absolute atomic E-state index is 5.42. The lowest BCUT2D eigenvalue weighted by molar-refractivity contribution is 0.340. The van der Waals surface area contributed by atoms with Crippen LogP contribution < -0.4 is 4.74 Å². The van der Waals surface area contributed by atoms with E-state index in [1.165, 1.54) is 11.3 Å². The summed E-state index contributed by atoms with van der Waals surface area (Å²) in [5.41, 5.74) is 1.06. The van der Waals surface area contributed by atoms with Crippen LogP contribution in [0.25, 0.3) is 15.5 Å².